The molecule has 2 aliphatic rings. The molecule has 1 unspecified atom stereocenters. The van der Waals surface area contributed by atoms with Crippen LogP contribution in [-0.4, -0.2) is 57.6 Å². The zero-order valence-electron chi connectivity index (χ0n) is 20.7. The fraction of sp³-hybridized carbons (Fsp3) is 0.577. The van der Waals surface area contributed by atoms with E-state index >= 15 is 0 Å². The van der Waals surface area contributed by atoms with Gasteiger partial charge in [-0.3, -0.25) is 9.58 Å². The number of halogens is 3. The Kier molecular flexibility index (Phi) is 9.53. The van der Waals surface area contributed by atoms with Gasteiger partial charge in [-0.2, -0.15) is 18.3 Å². The molecule has 1 N–H and O–H groups in total. The Labute approximate surface area is 209 Å². The standard InChI is InChI=1S/C24H33N3O2.C2HF3O2/c1-18-15-22(25-27(18)21-11-7-4-8-12-21)24(28)29-23(20-13-14-20)17-26(2)16-19-9-5-3-6-10-19;3-2(4,5)1(6)7/h3,5-6,9-10,15,20-21,23H,4,7-8,11-14,16-17H2,1-2H3;(H,6,7). The number of esters is 1. The van der Waals surface area contributed by atoms with Crippen LogP contribution >= 0.6 is 0 Å². The first-order valence-corrected chi connectivity index (χ1v) is 12.3. The van der Waals surface area contributed by atoms with Crippen LogP contribution < -0.4 is 0 Å². The second kappa shape index (κ2) is 12.4. The van der Waals surface area contributed by atoms with Gasteiger partial charge in [0.25, 0.3) is 0 Å². The molecule has 36 heavy (non-hydrogen) atoms. The third-order valence-electron chi connectivity index (χ3n) is 6.49. The van der Waals surface area contributed by atoms with Crippen molar-refractivity contribution in [1.29, 1.82) is 0 Å². The van der Waals surface area contributed by atoms with Crippen LogP contribution in [0.15, 0.2) is 36.4 Å². The Morgan fingerprint density at radius 1 is 1.14 bits per heavy atom. The van der Waals surface area contributed by atoms with Gasteiger partial charge in [0.2, 0.25) is 0 Å². The van der Waals surface area contributed by atoms with E-state index in [9.17, 15) is 18.0 Å². The summed E-state index contributed by atoms with van der Waals surface area (Å²) in [5.74, 6) is -2.54. The molecular formula is C26H34F3N3O4. The molecule has 2 saturated carbocycles. The highest BCUT2D eigenvalue weighted by atomic mass is 19.4. The molecular weight excluding hydrogens is 475 g/mol. The quantitative estimate of drug-likeness (QED) is 0.480. The molecule has 7 nitrogen and oxygen atoms in total. The van der Waals surface area contributed by atoms with Crippen molar-refractivity contribution in [3.05, 3.63) is 53.3 Å². The maximum atomic E-state index is 12.9. The van der Waals surface area contributed by atoms with Crippen LogP contribution in [0, 0.1) is 12.8 Å². The number of aryl methyl sites for hydroxylation is 1. The lowest BCUT2D eigenvalue weighted by atomic mass is 9.95. The number of carbonyl (C=O) groups is 2. The number of carboxylic acids is 1. The molecule has 2 aliphatic carbocycles. The predicted molar refractivity (Wildman–Crippen MR) is 127 cm³/mol. The Morgan fingerprint density at radius 3 is 2.31 bits per heavy atom. The molecule has 0 bridgehead atoms. The molecule has 10 heteroatoms. The summed E-state index contributed by atoms with van der Waals surface area (Å²) >= 11 is 0. The third-order valence-corrected chi connectivity index (χ3v) is 6.49. The second-order valence-corrected chi connectivity index (χ2v) is 9.67. The third kappa shape index (κ3) is 8.36. The molecule has 2 fully saturated rings. The number of carboxylic acid groups (broad SMARTS) is 1. The predicted octanol–water partition coefficient (Wildman–Crippen LogP) is 5.40. The van der Waals surface area contributed by atoms with Crippen molar-refractivity contribution >= 4 is 11.9 Å². The summed E-state index contributed by atoms with van der Waals surface area (Å²) in [6, 6.07) is 12.8. The van der Waals surface area contributed by atoms with Gasteiger partial charge >= 0.3 is 18.1 Å². The average molecular weight is 510 g/mol. The summed E-state index contributed by atoms with van der Waals surface area (Å²) in [6.45, 7) is 3.66. The average Bonchev–Trinajstić information content (AvgIpc) is 3.61. The van der Waals surface area contributed by atoms with Gasteiger partial charge < -0.3 is 9.84 Å². The summed E-state index contributed by atoms with van der Waals surface area (Å²) < 4.78 is 39.8. The molecule has 0 radical (unpaired) electrons. The number of likely N-dealkylation sites (N-methyl/N-ethyl adjacent to an activating group) is 1. The zero-order chi connectivity index (χ0) is 26.3. The van der Waals surface area contributed by atoms with Crippen molar-refractivity contribution < 1.29 is 32.6 Å². The monoisotopic (exact) mass is 509 g/mol. The molecule has 1 heterocycles. The number of nitrogens with zero attached hydrogens (tertiary/aromatic N) is 3. The minimum atomic E-state index is -5.08. The molecule has 2 aromatic rings. The first kappa shape index (κ1) is 27.7. The SMILES string of the molecule is Cc1cc(C(=O)OC(CN(C)Cc2ccccc2)C2CC2)nn1C1CCCCC1.O=C(O)C(F)(F)F. The molecule has 0 amide bonds. The molecule has 4 rings (SSSR count). The topological polar surface area (TPSA) is 84.7 Å². The fourth-order valence-corrected chi connectivity index (χ4v) is 4.50. The van der Waals surface area contributed by atoms with Crippen molar-refractivity contribution in [3.8, 4) is 0 Å². The van der Waals surface area contributed by atoms with Crippen LogP contribution in [0.4, 0.5) is 13.2 Å². The van der Waals surface area contributed by atoms with E-state index in [-0.39, 0.29) is 12.1 Å². The van der Waals surface area contributed by atoms with Crippen LogP contribution in [-0.2, 0) is 16.1 Å². The number of rotatable bonds is 8. The highest BCUT2D eigenvalue weighted by Crippen LogP contribution is 2.35. The Morgan fingerprint density at radius 2 is 1.75 bits per heavy atom. The first-order valence-electron chi connectivity index (χ1n) is 12.3. The van der Waals surface area contributed by atoms with Crippen LogP contribution in [0.5, 0.6) is 0 Å². The van der Waals surface area contributed by atoms with E-state index in [0.717, 1.165) is 44.5 Å². The number of alkyl halides is 3. The van der Waals surface area contributed by atoms with E-state index in [0.29, 0.717) is 17.7 Å². The fourth-order valence-electron chi connectivity index (χ4n) is 4.50. The highest BCUT2D eigenvalue weighted by Gasteiger charge is 2.38. The summed E-state index contributed by atoms with van der Waals surface area (Å²) in [4.78, 5) is 24.0. The van der Waals surface area contributed by atoms with E-state index in [1.807, 2.05) is 19.1 Å². The number of carbonyl (C=O) groups excluding carboxylic acids is 1. The van der Waals surface area contributed by atoms with Crippen LogP contribution in [0.1, 0.15) is 72.7 Å². The maximum Gasteiger partial charge on any atom is 0.490 e. The minimum absolute atomic E-state index is 0.0589. The van der Waals surface area contributed by atoms with Crippen molar-refractivity contribution in [3.63, 3.8) is 0 Å². The number of aromatic nitrogens is 2. The van der Waals surface area contributed by atoms with Gasteiger partial charge in [-0.1, -0.05) is 49.6 Å². The van der Waals surface area contributed by atoms with E-state index in [1.54, 1.807) is 0 Å². The second-order valence-electron chi connectivity index (χ2n) is 9.67. The van der Waals surface area contributed by atoms with E-state index in [4.69, 9.17) is 14.6 Å². The number of hydrogen-bond donors (Lipinski definition) is 1. The smallest absolute Gasteiger partial charge is 0.475 e. The lowest BCUT2D eigenvalue weighted by molar-refractivity contribution is -0.192. The van der Waals surface area contributed by atoms with Gasteiger partial charge in [-0.15, -0.1) is 0 Å². The normalized spacial score (nSPS) is 17.3. The number of ether oxygens (including phenoxy) is 1. The largest absolute Gasteiger partial charge is 0.490 e. The molecule has 0 saturated heterocycles. The van der Waals surface area contributed by atoms with Gasteiger partial charge in [0, 0.05) is 18.8 Å². The zero-order valence-corrected chi connectivity index (χ0v) is 20.7. The summed E-state index contributed by atoms with van der Waals surface area (Å²) in [5, 5.41) is 11.8. The maximum absolute atomic E-state index is 12.9. The summed E-state index contributed by atoms with van der Waals surface area (Å²) in [5.41, 5.74) is 2.80. The Balaban J connectivity index is 0.000000454. The summed E-state index contributed by atoms with van der Waals surface area (Å²) in [7, 11) is 2.10. The van der Waals surface area contributed by atoms with E-state index in [2.05, 4.69) is 46.0 Å². The molecule has 0 spiro atoms. The van der Waals surface area contributed by atoms with Crippen molar-refractivity contribution in [1.82, 2.24) is 14.7 Å². The Hall–Kier alpha value is -2.88. The molecule has 0 aliphatic heterocycles. The number of benzene rings is 1. The van der Waals surface area contributed by atoms with Gasteiger partial charge in [-0.05, 0) is 57.2 Å². The van der Waals surface area contributed by atoms with Crippen LogP contribution in [0.3, 0.4) is 0 Å². The van der Waals surface area contributed by atoms with E-state index in [1.165, 1.54) is 24.8 Å². The van der Waals surface area contributed by atoms with Crippen molar-refractivity contribution in [2.24, 2.45) is 5.92 Å². The lowest BCUT2D eigenvalue weighted by Gasteiger charge is -2.24. The van der Waals surface area contributed by atoms with Gasteiger partial charge in [0.05, 0.1) is 6.04 Å². The van der Waals surface area contributed by atoms with Crippen LogP contribution in [0.25, 0.3) is 0 Å². The molecule has 1 aromatic carbocycles. The van der Waals surface area contributed by atoms with Gasteiger partial charge in [0.15, 0.2) is 5.69 Å². The van der Waals surface area contributed by atoms with Crippen molar-refractivity contribution in [2.75, 3.05) is 13.6 Å². The number of hydrogen-bond acceptors (Lipinski definition) is 5. The van der Waals surface area contributed by atoms with Gasteiger partial charge in [0.1, 0.15) is 6.10 Å². The van der Waals surface area contributed by atoms with E-state index < -0.39 is 12.1 Å². The summed E-state index contributed by atoms with van der Waals surface area (Å²) in [6.07, 6.45) is 3.28. The minimum Gasteiger partial charge on any atom is -0.475 e. The van der Waals surface area contributed by atoms with Gasteiger partial charge in [-0.25, -0.2) is 9.59 Å². The Bertz CT molecular complexity index is 1000. The molecule has 1 aromatic heterocycles. The highest BCUT2D eigenvalue weighted by molar-refractivity contribution is 5.87. The first-order chi connectivity index (χ1) is 17.0. The molecule has 198 valence electrons. The number of aliphatic carboxylic acids is 1. The molecule has 1 atom stereocenters. The lowest BCUT2D eigenvalue weighted by Crippen LogP contribution is -2.34. The van der Waals surface area contributed by atoms with Crippen molar-refractivity contribution in [2.45, 2.75) is 76.7 Å². The van der Waals surface area contributed by atoms with Crippen LogP contribution in [0.2, 0.25) is 0 Å².